The molecule has 0 radical (unpaired) electrons. The molecule has 2 aromatic rings. The molecule has 0 unspecified atom stereocenters. The Balaban J connectivity index is 1.55. The number of likely N-dealkylation sites (tertiary alicyclic amines) is 1. The predicted octanol–water partition coefficient (Wildman–Crippen LogP) is 3.28. The van der Waals surface area contributed by atoms with E-state index in [2.05, 4.69) is 5.32 Å². The molecule has 2 heterocycles. The maximum Gasteiger partial charge on any atom is 0.255 e. The van der Waals surface area contributed by atoms with Crippen LogP contribution in [0.2, 0.25) is 0 Å². The van der Waals surface area contributed by atoms with Gasteiger partial charge in [0, 0.05) is 6.54 Å². The van der Waals surface area contributed by atoms with Crippen LogP contribution in [0, 0.1) is 6.92 Å². The molecule has 0 bridgehead atoms. The highest BCUT2D eigenvalue weighted by molar-refractivity contribution is 5.97. The van der Waals surface area contributed by atoms with Crippen molar-refractivity contribution in [1.82, 2.24) is 10.2 Å². The van der Waals surface area contributed by atoms with Gasteiger partial charge in [0.05, 0.1) is 24.6 Å². The first-order chi connectivity index (χ1) is 13.5. The van der Waals surface area contributed by atoms with Gasteiger partial charge in [-0.15, -0.1) is 0 Å². The van der Waals surface area contributed by atoms with Gasteiger partial charge in [0.2, 0.25) is 5.91 Å². The van der Waals surface area contributed by atoms with Gasteiger partial charge in [-0.1, -0.05) is 42.0 Å². The van der Waals surface area contributed by atoms with Gasteiger partial charge in [-0.05, 0) is 44.4 Å². The second-order valence-corrected chi connectivity index (χ2v) is 7.96. The summed E-state index contributed by atoms with van der Waals surface area (Å²) in [7, 11) is 0. The Labute approximate surface area is 165 Å². The molecule has 1 fully saturated rings. The van der Waals surface area contributed by atoms with Gasteiger partial charge in [0.15, 0.2) is 0 Å². The lowest BCUT2D eigenvalue weighted by Crippen LogP contribution is -2.58. The molecule has 28 heavy (non-hydrogen) atoms. The van der Waals surface area contributed by atoms with Crippen molar-refractivity contribution in [3.8, 4) is 5.75 Å². The highest BCUT2D eigenvalue weighted by atomic mass is 16.5. The first-order valence-electron chi connectivity index (χ1n) is 9.89. The molecular weight excluding hydrogens is 352 g/mol. The summed E-state index contributed by atoms with van der Waals surface area (Å²) in [6, 6.07) is 15.4. The molecule has 2 aromatic carbocycles. The average Bonchev–Trinajstić information content (AvgIpc) is 2.84. The lowest BCUT2D eigenvalue weighted by molar-refractivity contribution is -0.138. The zero-order valence-electron chi connectivity index (χ0n) is 16.4. The number of benzene rings is 2. The van der Waals surface area contributed by atoms with Gasteiger partial charge in [-0.25, -0.2) is 0 Å². The Morgan fingerprint density at radius 2 is 1.93 bits per heavy atom. The summed E-state index contributed by atoms with van der Waals surface area (Å²) in [5, 5.41) is 2.99. The Bertz CT molecular complexity index is 893. The molecule has 1 N–H and O–H groups in total. The van der Waals surface area contributed by atoms with Gasteiger partial charge in [0.1, 0.15) is 11.4 Å². The molecule has 0 aromatic heterocycles. The molecule has 2 aliphatic heterocycles. The van der Waals surface area contributed by atoms with Gasteiger partial charge in [-0.2, -0.15) is 0 Å². The smallest absolute Gasteiger partial charge is 0.255 e. The fourth-order valence-corrected chi connectivity index (χ4v) is 4.13. The SMILES string of the molecule is Cc1ccc([C@@H](C)C(=O)N2CCC[C@@]3(CNC(=O)c4ccccc4O3)C2)cc1. The number of carbonyl (C=O) groups is 2. The Kier molecular flexibility index (Phi) is 4.84. The molecule has 2 aliphatic rings. The molecule has 1 saturated heterocycles. The quantitative estimate of drug-likeness (QED) is 0.872. The van der Waals surface area contributed by atoms with E-state index in [1.807, 2.05) is 61.2 Å². The second-order valence-electron chi connectivity index (χ2n) is 7.96. The van der Waals surface area contributed by atoms with Gasteiger partial charge in [0.25, 0.3) is 5.91 Å². The molecule has 0 saturated carbocycles. The number of nitrogens with zero attached hydrogens (tertiary/aromatic N) is 1. The third kappa shape index (κ3) is 3.49. The number of piperidine rings is 1. The maximum absolute atomic E-state index is 13.2. The van der Waals surface area contributed by atoms with Gasteiger partial charge < -0.3 is 15.0 Å². The van der Waals surface area contributed by atoms with E-state index in [-0.39, 0.29) is 17.7 Å². The van der Waals surface area contributed by atoms with E-state index in [9.17, 15) is 9.59 Å². The highest BCUT2D eigenvalue weighted by Gasteiger charge is 2.42. The van der Waals surface area contributed by atoms with E-state index in [0.717, 1.165) is 24.9 Å². The number of carbonyl (C=O) groups excluding carboxylic acids is 2. The minimum atomic E-state index is -0.580. The van der Waals surface area contributed by atoms with E-state index in [0.29, 0.717) is 24.4 Å². The molecule has 4 rings (SSSR count). The zero-order chi connectivity index (χ0) is 19.7. The standard InChI is InChI=1S/C23H26N2O3/c1-16-8-10-18(11-9-16)17(2)22(27)25-13-5-12-23(15-25)14-24-21(26)19-6-3-4-7-20(19)28-23/h3-4,6-11,17H,5,12-15H2,1-2H3,(H,24,26)/t17-,23-/m1/s1. The Hall–Kier alpha value is -2.82. The maximum atomic E-state index is 13.2. The number of para-hydroxylation sites is 1. The average molecular weight is 378 g/mol. The van der Waals surface area contributed by atoms with Crippen LogP contribution in [-0.2, 0) is 4.79 Å². The number of amides is 2. The van der Waals surface area contributed by atoms with Crippen LogP contribution in [0.15, 0.2) is 48.5 Å². The van der Waals surface area contributed by atoms with Crippen LogP contribution in [0.3, 0.4) is 0 Å². The van der Waals surface area contributed by atoms with Crippen molar-refractivity contribution in [2.24, 2.45) is 0 Å². The summed E-state index contributed by atoms with van der Waals surface area (Å²) in [4.78, 5) is 27.5. The van der Waals surface area contributed by atoms with Crippen molar-refractivity contribution in [2.75, 3.05) is 19.6 Å². The van der Waals surface area contributed by atoms with Crippen molar-refractivity contribution < 1.29 is 14.3 Å². The summed E-state index contributed by atoms with van der Waals surface area (Å²) in [5.74, 6) is 0.376. The van der Waals surface area contributed by atoms with Crippen LogP contribution in [-0.4, -0.2) is 41.9 Å². The van der Waals surface area contributed by atoms with Crippen molar-refractivity contribution >= 4 is 11.8 Å². The van der Waals surface area contributed by atoms with Crippen LogP contribution in [0.5, 0.6) is 5.75 Å². The van der Waals surface area contributed by atoms with Crippen LogP contribution in [0.4, 0.5) is 0 Å². The summed E-state index contributed by atoms with van der Waals surface area (Å²) < 4.78 is 6.36. The number of hydrogen-bond donors (Lipinski definition) is 1. The Morgan fingerprint density at radius 1 is 1.18 bits per heavy atom. The summed E-state index contributed by atoms with van der Waals surface area (Å²) in [6.07, 6.45) is 1.66. The van der Waals surface area contributed by atoms with Crippen LogP contribution < -0.4 is 10.1 Å². The summed E-state index contributed by atoms with van der Waals surface area (Å²) in [5.41, 5.74) is 2.18. The van der Waals surface area contributed by atoms with Crippen molar-refractivity contribution in [1.29, 1.82) is 0 Å². The summed E-state index contributed by atoms with van der Waals surface area (Å²) in [6.45, 7) is 5.61. The monoisotopic (exact) mass is 378 g/mol. The van der Waals surface area contributed by atoms with Crippen molar-refractivity contribution in [3.63, 3.8) is 0 Å². The number of rotatable bonds is 2. The number of fused-ring (bicyclic) bond motifs is 1. The minimum absolute atomic E-state index is 0.107. The van der Waals surface area contributed by atoms with Crippen LogP contribution in [0.1, 0.15) is 47.2 Å². The molecule has 146 valence electrons. The first-order valence-corrected chi connectivity index (χ1v) is 9.89. The van der Waals surface area contributed by atoms with E-state index >= 15 is 0 Å². The highest BCUT2D eigenvalue weighted by Crippen LogP contribution is 2.33. The molecule has 2 amide bonds. The molecule has 1 spiro atoms. The fourth-order valence-electron chi connectivity index (χ4n) is 4.13. The minimum Gasteiger partial charge on any atom is -0.483 e. The van der Waals surface area contributed by atoms with E-state index in [1.165, 1.54) is 5.56 Å². The number of nitrogens with one attached hydrogen (secondary N) is 1. The molecule has 5 nitrogen and oxygen atoms in total. The first kappa shape index (κ1) is 18.5. The van der Waals surface area contributed by atoms with E-state index < -0.39 is 5.60 Å². The predicted molar refractivity (Wildman–Crippen MR) is 108 cm³/mol. The van der Waals surface area contributed by atoms with E-state index in [1.54, 1.807) is 6.07 Å². The molecule has 5 heteroatoms. The second kappa shape index (κ2) is 7.30. The fraction of sp³-hybridized carbons (Fsp3) is 0.391. The lowest BCUT2D eigenvalue weighted by atomic mass is 9.90. The summed E-state index contributed by atoms with van der Waals surface area (Å²) >= 11 is 0. The van der Waals surface area contributed by atoms with Crippen molar-refractivity contribution in [3.05, 3.63) is 65.2 Å². The van der Waals surface area contributed by atoms with E-state index in [4.69, 9.17) is 4.74 Å². The van der Waals surface area contributed by atoms with Gasteiger partial charge in [-0.3, -0.25) is 9.59 Å². The van der Waals surface area contributed by atoms with Crippen LogP contribution in [0.25, 0.3) is 0 Å². The molecule has 2 atom stereocenters. The number of hydrogen-bond acceptors (Lipinski definition) is 3. The topological polar surface area (TPSA) is 58.6 Å². The third-order valence-electron chi connectivity index (χ3n) is 5.83. The van der Waals surface area contributed by atoms with Crippen molar-refractivity contribution in [2.45, 2.75) is 38.2 Å². The molecule has 0 aliphatic carbocycles. The van der Waals surface area contributed by atoms with Crippen LogP contribution >= 0.6 is 0 Å². The largest absolute Gasteiger partial charge is 0.483 e. The zero-order valence-corrected chi connectivity index (χ0v) is 16.4. The lowest BCUT2D eigenvalue weighted by Gasteiger charge is -2.42. The number of ether oxygens (including phenoxy) is 1. The normalized spacial score (nSPS) is 22.6. The number of aryl methyl sites for hydroxylation is 1. The third-order valence-corrected chi connectivity index (χ3v) is 5.83. The molecular formula is C23H26N2O3. The van der Waals surface area contributed by atoms with Gasteiger partial charge >= 0.3 is 0 Å². The Morgan fingerprint density at radius 3 is 2.71 bits per heavy atom.